The Bertz CT molecular complexity index is 1360. The molecule has 2 amide bonds. The van der Waals surface area contributed by atoms with Gasteiger partial charge in [-0.3, -0.25) is 9.59 Å². The van der Waals surface area contributed by atoms with Crippen LogP contribution in [0.5, 0.6) is 0 Å². The van der Waals surface area contributed by atoms with E-state index in [4.69, 9.17) is 0 Å². The molecule has 0 aromatic heterocycles. The highest BCUT2D eigenvalue weighted by Gasteiger charge is 2.27. The van der Waals surface area contributed by atoms with Crippen molar-refractivity contribution in [1.29, 1.82) is 0 Å². The zero-order chi connectivity index (χ0) is 32.4. The van der Waals surface area contributed by atoms with E-state index in [-0.39, 0.29) is 35.9 Å². The van der Waals surface area contributed by atoms with Crippen LogP contribution >= 0.6 is 0 Å². The fraction of sp³-hybridized carbons (Fsp3) is 0.562. The first-order valence-electron chi connectivity index (χ1n) is 15.3. The van der Waals surface area contributed by atoms with Crippen molar-refractivity contribution in [1.82, 2.24) is 19.8 Å². The maximum Gasteiger partial charge on any atom is 0.253 e. The average molecular weight is 637 g/mol. The summed E-state index contributed by atoms with van der Waals surface area (Å²) < 4.78 is 53.0. The zero-order valence-corrected chi connectivity index (χ0v) is 26.9. The summed E-state index contributed by atoms with van der Waals surface area (Å²) in [6.45, 7) is 8.50. The van der Waals surface area contributed by atoms with E-state index in [1.165, 1.54) is 16.6 Å². The van der Waals surface area contributed by atoms with Gasteiger partial charge < -0.3 is 20.6 Å². The third-order valence-electron chi connectivity index (χ3n) is 7.85. The Balaban J connectivity index is 1.74. The summed E-state index contributed by atoms with van der Waals surface area (Å²) in [5, 5.41) is 17.2. The van der Waals surface area contributed by atoms with Crippen molar-refractivity contribution in [3.63, 3.8) is 0 Å². The third-order valence-corrected chi connectivity index (χ3v) is 9.15. The summed E-state index contributed by atoms with van der Waals surface area (Å²) >= 11 is 0. The van der Waals surface area contributed by atoms with Crippen LogP contribution in [0.1, 0.15) is 71.4 Å². The second-order valence-electron chi connectivity index (χ2n) is 11.8. The van der Waals surface area contributed by atoms with Gasteiger partial charge in [-0.15, -0.1) is 0 Å². The molecule has 3 rings (SSSR count). The second-order valence-corrected chi connectivity index (χ2v) is 13.8. The highest BCUT2D eigenvalue weighted by molar-refractivity contribution is 7.88. The van der Waals surface area contributed by atoms with E-state index in [9.17, 15) is 31.9 Å². The van der Waals surface area contributed by atoms with Gasteiger partial charge in [0.25, 0.3) is 11.8 Å². The van der Waals surface area contributed by atoms with Crippen LogP contribution in [-0.2, 0) is 16.4 Å². The fourth-order valence-electron chi connectivity index (χ4n) is 5.62. The van der Waals surface area contributed by atoms with E-state index in [1.807, 2.05) is 13.8 Å². The monoisotopic (exact) mass is 636 g/mol. The quantitative estimate of drug-likeness (QED) is 0.276. The van der Waals surface area contributed by atoms with Crippen LogP contribution in [0, 0.1) is 24.5 Å². The molecule has 244 valence electrons. The van der Waals surface area contributed by atoms with Crippen LogP contribution in [0.2, 0.25) is 0 Å². The molecule has 0 radical (unpaired) electrons. The van der Waals surface area contributed by atoms with Gasteiger partial charge in [0.15, 0.2) is 0 Å². The van der Waals surface area contributed by atoms with Crippen molar-refractivity contribution in [3.05, 3.63) is 70.3 Å². The molecule has 1 fully saturated rings. The summed E-state index contributed by atoms with van der Waals surface area (Å²) in [4.78, 5) is 28.5. The number of nitrogens with zero attached hydrogens (tertiary/aromatic N) is 2. The number of rotatable bonds is 15. The first-order valence-corrected chi connectivity index (χ1v) is 17.2. The summed E-state index contributed by atoms with van der Waals surface area (Å²) in [6.07, 6.45) is 3.02. The number of piperidine rings is 1. The number of aliphatic hydroxyl groups excluding tert-OH is 1. The molecule has 2 aromatic carbocycles. The van der Waals surface area contributed by atoms with Crippen LogP contribution in [-0.4, -0.2) is 92.2 Å². The number of sulfonamides is 1. The predicted octanol–water partition coefficient (Wildman–Crippen LogP) is 3.50. The number of aryl methyl sites for hydroxylation is 1. The number of nitrogens with one attached hydrogen (secondary N) is 2. The SMILES string of the molecule is CCCN(CCC)C(=O)c1cc(C)cc(C(=O)N[C@@H](Cc2cc(F)cc(F)c2)C(O)CNCC2CCN(S(C)(=O)=O)CC2)c1. The smallest absolute Gasteiger partial charge is 0.253 e. The van der Waals surface area contributed by atoms with Crippen LogP contribution in [0.4, 0.5) is 8.78 Å². The van der Waals surface area contributed by atoms with Gasteiger partial charge >= 0.3 is 0 Å². The highest BCUT2D eigenvalue weighted by atomic mass is 32.2. The standard InChI is InChI=1S/C32H46F2N4O5S/c1-5-9-37(10-6-2)32(41)26-14-22(3)13-25(18-26)31(40)36-29(17-24-15-27(33)19-28(34)16-24)30(39)21-35-20-23-7-11-38(12-8-23)44(4,42)43/h13-16,18-19,23,29-30,35,39H,5-12,17,20-21H2,1-4H3,(H,36,40)/t29-,30?/m0/s1. The second kappa shape index (κ2) is 16.4. The normalized spacial score (nSPS) is 16.0. The molecule has 0 bridgehead atoms. The maximum atomic E-state index is 14.0. The van der Waals surface area contributed by atoms with E-state index in [2.05, 4.69) is 10.6 Å². The van der Waals surface area contributed by atoms with Crippen molar-refractivity contribution in [2.45, 2.75) is 65.0 Å². The lowest BCUT2D eigenvalue weighted by molar-refractivity contribution is 0.0755. The predicted molar refractivity (Wildman–Crippen MR) is 167 cm³/mol. The van der Waals surface area contributed by atoms with E-state index in [0.717, 1.165) is 36.6 Å². The van der Waals surface area contributed by atoms with E-state index < -0.39 is 39.7 Å². The lowest BCUT2D eigenvalue weighted by Crippen LogP contribution is -2.49. The molecule has 0 aliphatic carbocycles. The number of carbonyl (C=O) groups excluding carboxylic acids is 2. The van der Waals surface area contributed by atoms with Crippen LogP contribution < -0.4 is 10.6 Å². The zero-order valence-electron chi connectivity index (χ0n) is 26.1. The van der Waals surface area contributed by atoms with Gasteiger partial charge in [-0.25, -0.2) is 21.5 Å². The van der Waals surface area contributed by atoms with Crippen LogP contribution in [0.15, 0.2) is 36.4 Å². The molecular weight excluding hydrogens is 590 g/mol. The Hall–Kier alpha value is -2.93. The van der Waals surface area contributed by atoms with E-state index in [0.29, 0.717) is 51.1 Å². The Labute approximate surface area is 260 Å². The molecule has 1 aliphatic rings. The summed E-state index contributed by atoms with van der Waals surface area (Å²) in [6, 6.07) is 7.12. The Morgan fingerprint density at radius 3 is 2.16 bits per heavy atom. The van der Waals surface area contributed by atoms with E-state index in [1.54, 1.807) is 24.0 Å². The van der Waals surface area contributed by atoms with Crippen molar-refractivity contribution in [2.24, 2.45) is 5.92 Å². The van der Waals surface area contributed by atoms with Crippen molar-refractivity contribution in [2.75, 3.05) is 45.5 Å². The number of benzene rings is 2. The Morgan fingerprint density at radius 2 is 1.59 bits per heavy atom. The molecular formula is C32H46F2N4O5S. The largest absolute Gasteiger partial charge is 0.390 e. The third kappa shape index (κ3) is 10.6. The van der Waals surface area contributed by atoms with Crippen molar-refractivity contribution >= 4 is 21.8 Å². The lowest BCUT2D eigenvalue weighted by atomic mass is 9.97. The summed E-state index contributed by atoms with van der Waals surface area (Å²) in [5.41, 5.74) is 1.64. The van der Waals surface area contributed by atoms with Gasteiger partial charge in [0.2, 0.25) is 10.0 Å². The van der Waals surface area contributed by atoms with Crippen LogP contribution in [0.3, 0.4) is 0 Å². The molecule has 0 spiro atoms. The molecule has 1 unspecified atom stereocenters. The number of halogens is 2. The van der Waals surface area contributed by atoms with Crippen molar-refractivity contribution < 1.29 is 31.9 Å². The van der Waals surface area contributed by atoms with Gasteiger partial charge in [-0.05, 0) is 92.9 Å². The van der Waals surface area contributed by atoms with Gasteiger partial charge in [0.1, 0.15) is 11.6 Å². The molecule has 12 heteroatoms. The number of hydrogen-bond donors (Lipinski definition) is 3. The number of carbonyl (C=O) groups is 2. The van der Waals surface area contributed by atoms with Crippen molar-refractivity contribution in [3.8, 4) is 0 Å². The molecule has 1 saturated heterocycles. The van der Waals surface area contributed by atoms with Gasteiger partial charge in [-0.1, -0.05) is 13.8 Å². The average Bonchev–Trinajstić information content (AvgIpc) is 2.95. The Kier molecular flexibility index (Phi) is 13.2. The molecule has 9 nitrogen and oxygen atoms in total. The molecule has 2 aromatic rings. The number of hydrogen-bond acceptors (Lipinski definition) is 6. The minimum absolute atomic E-state index is 0.0333. The van der Waals surface area contributed by atoms with E-state index >= 15 is 0 Å². The molecule has 44 heavy (non-hydrogen) atoms. The fourth-order valence-corrected chi connectivity index (χ4v) is 6.49. The molecule has 2 atom stereocenters. The minimum atomic E-state index is -3.23. The topological polar surface area (TPSA) is 119 Å². The molecule has 0 saturated carbocycles. The molecule has 1 aliphatic heterocycles. The summed E-state index contributed by atoms with van der Waals surface area (Å²) in [7, 11) is -3.23. The molecule has 3 N–H and O–H groups in total. The van der Waals surface area contributed by atoms with Gasteiger partial charge in [-0.2, -0.15) is 0 Å². The Morgan fingerprint density at radius 1 is 1.00 bits per heavy atom. The summed E-state index contributed by atoms with van der Waals surface area (Å²) in [5.74, 6) is -1.99. The first kappa shape index (κ1) is 35.5. The number of amides is 2. The van der Waals surface area contributed by atoms with Crippen LogP contribution in [0.25, 0.3) is 0 Å². The van der Waals surface area contributed by atoms with Gasteiger partial charge in [0.05, 0.1) is 18.4 Å². The maximum absolute atomic E-state index is 14.0. The number of aliphatic hydroxyl groups is 1. The molecule has 1 heterocycles. The lowest BCUT2D eigenvalue weighted by Gasteiger charge is -2.31. The highest BCUT2D eigenvalue weighted by Crippen LogP contribution is 2.19. The first-order chi connectivity index (χ1) is 20.8. The minimum Gasteiger partial charge on any atom is -0.390 e. The van der Waals surface area contributed by atoms with Gasteiger partial charge in [0, 0.05) is 49.9 Å².